The molecule has 0 aliphatic rings. The summed E-state index contributed by atoms with van der Waals surface area (Å²) in [4.78, 5) is 2.72. The van der Waals surface area contributed by atoms with Gasteiger partial charge in [0.05, 0.1) is 0 Å². The summed E-state index contributed by atoms with van der Waals surface area (Å²) in [6.07, 6.45) is 3.10. The van der Waals surface area contributed by atoms with Crippen LogP contribution in [0.15, 0.2) is 30.6 Å². The molecular weight excluding hydrogens is 224 g/mol. The second kappa shape index (κ2) is 3.90. The molecule has 1 heterocycles. The summed E-state index contributed by atoms with van der Waals surface area (Å²) in [6, 6.07) is 3.48. The number of rotatable bonds is 2. The Morgan fingerprint density at radius 1 is 1.13 bits per heavy atom. The molecule has 0 aliphatic carbocycles. The molecule has 0 aliphatic heterocycles. The van der Waals surface area contributed by atoms with E-state index in [1.807, 2.05) is 0 Å². The molecule has 0 spiro atoms. The third-order valence-electron chi connectivity index (χ3n) is 1.79. The van der Waals surface area contributed by atoms with Gasteiger partial charge in [0.15, 0.2) is 11.6 Å². The average Bonchev–Trinajstić information content (AvgIpc) is 2.71. The highest BCUT2D eigenvalue weighted by atomic mass is 35.5. The van der Waals surface area contributed by atoms with Crippen molar-refractivity contribution in [2.45, 2.75) is 0 Å². The molecule has 0 bridgehead atoms. The standard InChI is InChI=1S/C10H6ClF2NO/c11-9-7(12)1-2-8(13)10(9)15-6-3-4-14-5-6/h1-5,14H. The Labute approximate surface area is 89.4 Å². The van der Waals surface area contributed by atoms with Gasteiger partial charge in [-0.15, -0.1) is 0 Å². The first-order valence-electron chi connectivity index (χ1n) is 4.12. The van der Waals surface area contributed by atoms with Crippen molar-refractivity contribution < 1.29 is 13.5 Å². The lowest BCUT2D eigenvalue weighted by molar-refractivity contribution is 0.437. The normalized spacial score (nSPS) is 10.3. The number of hydrogen-bond acceptors (Lipinski definition) is 1. The Bertz CT molecular complexity index is 471. The Kier molecular flexibility index (Phi) is 2.60. The number of H-pyrrole nitrogens is 1. The molecule has 2 rings (SSSR count). The smallest absolute Gasteiger partial charge is 0.184 e. The summed E-state index contributed by atoms with van der Waals surface area (Å²) in [6.45, 7) is 0. The molecule has 0 fully saturated rings. The molecule has 78 valence electrons. The molecular formula is C10H6ClF2NO. The topological polar surface area (TPSA) is 25.0 Å². The van der Waals surface area contributed by atoms with Crippen LogP contribution in [0.3, 0.4) is 0 Å². The largest absolute Gasteiger partial charge is 0.451 e. The number of benzene rings is 1. The Hall–Kier alpha value is -1.55. The fraction of sp³-hybridized carbons (Fsp3) is 0. The molecule has 15 heavy (non-hydrogen) atoms. The SMILES string of the molecule is Fc1ccc(F)c(Oc2cc[nH]c2)c1Cl. The molecule has 0 saturated carbocycles. The lowest BCUT2D eigenvalue weighted by Gasteiger charge is -2.06. The van der Waals surface area contributed by atoms with Crippen LogP contribution in [0.5, 0.6) is 11.5 Å². The van der Waals surface area contributed by atoms with Crippen LogP contribution in [0.1, 0.15) is 0 Å². The van der Waals surface area contributed by atoms with Crippen molar-refractivity contribution in [2.75, 3.05) is 0 Å². The van der Waals surface area contributed by atoms with Gasteiger partial charge in [-0.2, -0.15) is 0 Å². The van der Waals surface area contributed by atoms with Gasteiger partial charge in [0.25, 0.3) is 0 Å². The van der Waals surface area contributed by atoms with Gasteiger partial charge in [-0.25, -0.2) is 8.78 Å². The number of hydrogen-bond donors (Lipinski definition) is 1. The lowest BCUT2D eigenvalue weighted by atomic mass is 10.3. The van der Waals surface area contributed by atoms with E-state index in [9.17, 15) is 8.78 Å². The molecule has 0 radical (unpaired) electrons. The van der Waals surface area contributed by atoms with Crippen LogP contribution in [-0.2, 0) is 0 Å². The van der Waals surface area contributed by atoms with Crippen LogP contribution >= 0.6 is 11.6 Å². The summed E-state index contributed by atoms with van der Waals surface area (Å²) in [7, 11) is 0. The van der Waals surface area contributed by atoms with Crippen LogP contribution in [0.2, 0.25) is 5.02 Å². The van der Waals surface area contributed by atoms with E-state index in [0.717, 1.165) is 12.1 Å². The minimum absolute atomic E-state index is 0.309. The van der Waals surface area contributed by atoms with Crippen LogP contribution in [-0.4, -0.2) is 4.98 Å². The van der Waals surface area contributed by atoms with Crippen LogP contribution < -0.4 is 4.74 Å². The maximum atomic E-state index is 13.2. The predicted molar refractivity (Wildman–Crippen MR) is 52.2 cm³/mol. The van der Waals surface area contributed by atoms with Crippen molar-refractivity contribution in [3.63, 3.8) is 0 Å². The number of aromatic nitrogens is 1. The van der Waals surface area contributed by atoms with Crippen LogP contribution in [0.4, 0.5) is 8.78 Å². The Balaban J connectivity index is 2.39. The van der Waals surface area contributed by atoms with Gasteiger partial charge < -0.3 is 9.72 Å². The van der Waals surface area contributed by atoms with Gasteiger partial charge in [0, 0.05) is 12.4 Å². The summed E-state index contributed by atoms with van der Waals surface area (Å²) in [5, 5.41) is -0.365. The van der Waals surface area contributed by atoms with E-state index >= 15 is 0 Å². The highest BCUT2D eigenvalue weighted by Crippen LogP contribution is 2.33. The third kappa shape index (κ3) is 1.94. The van der Waals surface area contributed by atoms with Crippen molar-refractivity contribution in [3.8, 4) is 11.5 Å². The van der Waals surface area contributed by atoms with Gasteiger partial charge in [0.1, 0.15) is 16.6 Å². The molecule has 2 nitrogen and oxygen atoms in total. The molecule has 1 N–H and O–H groups in total. The van der Waals surface area contributed by atoms with E-state index in [0.29, 0.717) is 5.75 Å². The predicted octanol–water partition coefficient (Wildman–Crippen LogP) is 3.74. The van der Waals surface area contributed by atoms with Gasteiger partial charge in [-0.3, -0.25) is 0 Å². The molecule has 1 aromatic carbocycles. The maximum Gasteiger partial charge on any atom is 0.184 e. The van der Waals surface area contributed by atoms with Crippen LogP contribution in [0, 0.1) is 11.6 Å². The van der Waals surface area contributed by atoms with Gasteiger partial charge in [-0.05, 0) is 18.2 Å². The van der Waals surface area contributed by atoms with E-state index in [-0.39, 0.29) is 10.8 Å². The van der Waals surface area contributed by atoms with Gasteiger partial charge in [0.2, 0.25) is 0 Å². The van der Waals surface area contributed by atoms with E-state index < -0.39 is 11.6 Å². The van der Waals surface area contributed by atoms with Crippen molar-refractivity contribution in [2.24, 2.45) is 0 Å². The zero-order valence-corrected chi connectivity index (χ0v) is 8.18. The number of halogens is 3. The van der Waals surface area contributed by atoms with Gasteiger partial charge >= 0.3 is 0 Å². The first-order chi connectivity index (χ1) is 7.18. The second-order valence-corrected chi connectivity index (χ2v) is 3.20. The zero-order chi connectivity index (χ0) is 10.8. The fourth-order valence-corrected chi connectivity index (χ4v) is 1.28. The summed E-state index contributed by atoms with van der Waals surface area (Å²) >= 11 is 5.57. The quantitative estimate of drug-likeness (QED) is 0.780. The number of nitrogens with one attached hydrogen (secondary N) is 1. The molecule has 0 unspecified atom stereocenters. The molecule has 1 aromatic heterocycles. The highest BCUT2D eigenvalue weighted by Gasteiger charge is 2.14. The third-order valence-corrected chi connectivity index (χ3v) is 2.14. The minimum atomic E-state index is -0.719. The summed E-state index contributed by atoms with van der Waals surface area (Å²) in [5.41, 5.74) is 0. The second-order valence-electron chi connectivity index (χ2n) is 2.82. The number of aromatic amines is 1. The first kappa shape index (κ1) is 9.98. The average molecular weight is 230 g/mol. The van der Waals surface area contributed by atoms with Crippen LogP contribution in [0.25, 0.3) is 0 Å². The molecule has 5 heteroatoms. The van der Waals surface area contributed by atoms with E-state index in [4.69, 9.17) is 16.3 Å². The highest BCUT2D eigenvalue weighted by molar-refractivity contribution is 6.32. The number of ether oxygens (including phenoxy) is 1. The Morgan fingerprint density at radius 2 is 1.87 bits per heavy atom. The monoisotopic (exact) mass is 229 g/mol. The van der Waals surface area contributed by atoms with E-state index in [2.05, 4.69) is 4.98 Å². The minimum Gasteiger partial charge on any atom is -0.451 e. The molecule has 0 amide bonds. The molecule has 0 atom stereocenters. The first-order valence-corrected chi connectivity index (χ1v) is 4.50. The maximum absolute atomic E-state index is 13.2. The van der Waals surface area contributed by atoms with Crippen molar-refractivity contribution >= 4 is 11.6 Å². The molecule has 0 saturated heterocycles. The van der Waals surface area contributed by atoms with Crippen molar-refractivity contribution in [1.82, 2.24) is 4.98 Å². The van der Waals surface area contributed by atoms with E-state index in [1.165, 1.54) is 6.20 Å². The van der Waals surface area contributed by atoms with Crippen molar-refractivity contribution in [3.05, 3.63) is 47.2 Å². The molecule has 2 aromatic rings. The summed E-state index contributed by atoms with van der Waals surface area (Å²) < 4.78 is 31.3. The van der Waals surface area contributed by atoms with E-state index in [1.54, 1.807) is 12.3 Å². The fourth-order valence-electron chi connectivity index (χ4n) is 1.09. The lowest BCUT2D eigenvalue weighted by Crippen LogP contribution is -1.90. The summed E-state index contributed by atoms with van der Waals surface area (Å²) in [5.74, 6) is -1.37. The Morgan fingerprint density at radius 3 is 2.53 bits per heavy atom. The van der Waals surface area contributed by atoms with Crippen molar-refractivity contribution in [1.29, 1.82) is 0 Å². The zero-order valence-electron chi connectivity index (χ0n) is 7.43. The van der Waals surface area contributed by atoms with Gasteiger partial charge in [-0.1, -0.05) is 11.6 Å².